The monoisotopic (exact) mass is 454 g/mol. The highest BCUT2D eigenvalue weighted by molar-refractivity contribution is 7.89. The smallest absolute Gasteiger partial charge is 0.0146 e. The second-order valence-corrected chi connectivity index (χ2v) is 10.4. The highest BCUT2D eigenvalue weighted by atomic mass is 32.1. The fourth-order valence-electron chi connectivity index (χ4n) is 2.58. The average molecular weight is 455 g/mol. The van der Waals surface area contributed by atoms with Gasteiger partial charge in [0.05, 0.1) is 0 Å². The van der Waals surface area contributed by atoms with Crippen molar-refractivity contribution in [3.05, 3.63) is 54.6 Å². The average Bonchev–Trinajstić information content (AvgIpc) is 2.52. The van der Waals surface area contributed by atoms with Gasteiger partial charge in [-0.2, -0.15) is 0 Å². The molecule has 0 spiro atoms. The minimum absolute atomic E-state index is 0.838. The van der Waals surface area contributed by atoms with E-state index in [1.165, 1.54) is 5.30 Å². The van der Waals surface area contributed by atoms with E-state index in [1.54, 1.807) is 0 Å². The summed E-state index contributed by atoms with van der Waals surface area (Å²) in [6.45, 7) is 0. The summed E-state index contributed by atoms with van der Waals surface area (Å²) >= 11 is 27.8. The van der Waals surface area contributed by atoms with Crippen LogP contribution in [-0.2, 0) is 0 Å². The van der Waals surface area contributed by atoms with Gasteiger partial charge in [-0.3, -0.25) is 0 Å². The zero-order valence-corrected chi connectivity index (χ0v) is 19.1. The van der Waals surface area contributed by atoms with Gasteiger partial charge in [0.15, 0.2) is 0 Å². The van der Waals surface area contributed by atoms with E-state index in [1.807, 2.05) is 42.5 Å². The van der Waals surface area contributed by atoms with E-state index < -0.39 is 7.92 Å². The molecule has 3 rings (SSSR count). The zero-order valence-electron chi connectivity index (χ0n) is 12.8. The third-order valence-corrected chi connectivity index (χ3v) is 8.88. The Hall–Kier alpha value is 0.190. The Morgan fingerprint density at radius 3 is 1.24 bits per heavy atom. The minimum Gasteiger partial charge on any atom is -0.143 e. The van der Waals surface area contributed by atoms with Gasteiger partial charge in [0.25, 0.3) is 0 Å². The molecule has 0 bridgehead atoms. The molecule has 0 unspecified atom stereocenters. The summed E-state index contributed by atoms with van der Waals surface area (Å²) in [4.78, 5) is 5.13. The molecule has 0 N–H and O–H groups in total. The molecule has 0 radical (unpaired) electrons. The van der Waals surface area contributed by atoms with Crippen LogP contribution in [0, 0.1) is 0 Å². The second kappa shape index (κ2) is 8.47. The molecule has 3 aromatic rings. The summed E-state index contributed by atoms with van der Waals surface area (Å²) in [6, 6.07) is 18.1. The van der Waals surface area contributed by atoms with Gasteiger partial charge < -0.3 is 0 Å². The summed E-state index contributed by atoms with van der Waals surface area (Å²) in [5, 5.41) is 3.33. The SMILES string of the molecule is Sc1cc(S)c(P(c2ccccc2)c2c(S)cc(S)cc2S)c(S)c1. The number of rotatable bonds is 3. The topological polar surface area (TPSA) is 0 Å². The molecule has 0 fully saturated rings. The van der Waals surface area contributed by atoms with Gasteiger partial charge >= 0.3 is 0 Å². The van der Waals surface area contributed by atoms with Crippen LogP contribution in [0.4, 0.5) is 0 Å². The standard InChI is InChI=1S/C18H15PS6/c20-11-6-13(22)17(14(23)7-11)19(10-4-2-1-3-5-10)18-15(24)8-12(21)9-16(18)25/h1-9,20-25H. The molecule has 0 heterocycles. The molecule has 7 heteroatoms. The third kappa shape index (κ3) is 4.37. The van der Waals surface area contributed by atoms with E-state index in [0.29, 0.717) is 0 Å². The van der Waals surface area contributed by atoms with Crippen LogP contribution in [0.2, 0.25) is 0 Å². The lowest BCUT2D eigenvalue weighted by atomic mass is 10.3. The molecular formula is C18H15PS6. The van der Waals surface area contributed by atoms with Gasteiger partial charge in [-0.1, -0.05) is 30.3 Å². The number of thiol groups is 6. The van der Waals surface area contributed by atoms with E-state index in [2.05, 4.69) is 37.4 Å². The van der Waals surface area contributed by atoms with E-state index >= 15 is 0 Å². The maximum Gasteiger partial charge on any atom is 0.0146 e. The molecule has 128 valence electrons. The summed E-state index contributed by atoms with van der Waals surface area (Å²) in [6.07, 6.45) is 0. The lowest BCUT2D eigenvalue weighted by molar-refractivity contribution is 1.28. The number of hydrogen-bond donors (Lipinski definition) is 6. The first-order valence-electron chi connectivity index (χ1n) is 7.23. The van der Waals surface area contributed by atoms with Crippen molar-refractivity contribution in [3.8, 4) is 0 Å². The fourth-order valence-corrected chi connectivity index (χ4v) is 8.31. The summed E-state index contributed by atoms with van der Waals surface area (Å²) in [5.41, 5.74) is 0. The maximum absolute atomic E-state index is 4.72. The molecule has 3 aromatic carbocycles. The predicted molar refractivity (Wildman–Crippen MR) is 129 cm³/mol. The van der Waals surface area contributed by atoms with Crippen molar-refractivity contribution >= 4 is 99.6 Å². The van der Waals surface area contributed by atoms with Crippen molar-refractivity contribution in [2.24, 2.45) is 0 Å². The van der Waals surface area contributed by atoms with Gasteiger partial charge in [0, 0.05) is 40.0 Å². The van der Waals surface area contributed by atoms with E-state index in [-0.39, 0.29) is 0 Å². The van der Waals surface area contributed by atoms with E-state index in [9.17, 15) is 0 Å². The Kier molecular flexibility index (Phi) is 6.76. The molecule has 0 aliphatic carbocycles. The number of benzene rings is 3. The van der Waals surface area contributed by atoms with Gasteiger partial charge in [-0.05, 0) is 37.5 Å². The molecule has 25 heavy (non-hydrogen) atoms. The first-order chi connectivity index (χ1) is 11.9. The van der Waals surface area contributed by atoms with Crippen molar-refractivity contribution in [1.82, 2.24) is 0 Å². The van der Waals surface area contributed by atoms with Crippen LogP contribution in [0.5, 0.6) is 0 Å². The largest absolute Gasteiger partial charge is 0.143 e. The van der Waals surface area contributed by atoms with Gasteiger partial charge in [-0.25, -0.2) is 0 Å². The number of hydrogen-bond acceptors (Lipinski definition) is 6. The molecule has 0 aliphatic rings. The highest BCUT2D eigenvalue weighted by Crippen LogP contribution is 2.42. The minimum atomic E-state index is -0.928. The van der Waals surface area contributed by atoms with E-state index in [0.717, 1.165) is 40.0 Å². The molecule has 0 saturated heterocycles. The second-order valence-electron chi connectivity index (χ2n) is 5.34. The first-order valence-corrected chi connectivity index (χ1v) is 11.3. The molecule has 0 amide bonds. The van der Waals surface area contributed by atoms with Gasteiger partial charge in [0.1, 0.15) is 0 Å². The lowest BCUT2D eigenvalue weighted by Crippen LogP contribution is -2.25. The molecule has 0 saturated carbocycles. The maximum atomic E-state index is 4.72. The Balaban J connectivity index is 2.34. The fraction of sp³-hybridized carbons (Fsp3) is 0. The Morgan fingerprint density at radius 2 is 0.880 bits per heavy atom. The predicted octanol–water partition coefficient (Wildman–Crippen LogP) is 5.18. The first kappa shape index (κ1) is 19.9. The normalized spacial score (nSPS) is 11.2. The van der Waals surface area contributed by atoms with E-state index in [4.69, 9.17) is 50.5 Å². The third-order valence-electron chi connectivity index (χ3n) is 3.57. The Morgan fingerprint density at radius 1 is 0.520 bits per heavy atom. The molecule has 0 atom stereocenters. The van der Waals surface area contributed by atoms with Crippen LogP contribution in [0.1, 0.15) is 0 Å². The van der Waals surface area contributed by atoms with Gasteiger partial charge in [-0.15, -0.1) is 75.8 Å². The van der Waals surface area contributed by atoms with Crippen molar-refractivity contribution in [2.75, 3.05) is 0 Å². The molecule has 0 aliphatic heterocycles. The lowest BCUT2D eigenvalue weighted by Gasteiger charge is -2.25. The van der Waals surface area contributed by atoms with Crippen LogP contribution in [0.15, 0.2) is 84.0 Å². The summed E-state index contributed by atoms with van der Waals surface area (Å²) in [5.74, 6) is 0. The van der Waals surface area contributed by atoms with Crippen molar-refractivity contribution in [2.45, 2.75) is 29.4 Å². The highest BCUT2D eigenvalue weighted by Gasteiger charge is 2.25. The molecule has 0 aromatic heterocycles. The Bertz CT molecular complexity index is 823. The van der Waals surface area contributed by atoms with Crippen molar-refractivity contribution in [1.29, 1.82) is 0 Å². The summed E-state index contributed by atoms with van der Waals surface area (Å²) < 4.78 is 0. The van der Waals surface area contributed by atoms with Crippen LogP contribution in [0.3, 0.4) is 0 Å². The zero-order chi connectivity index (χ0) is 18.1. The molecule has 0 nitrogen and oxygen atoms in total. The quantitative estimate of drug-likeness (QED) is 0.228. The van der Waals surface area contributed by atoms with Crippen LogP contribution in [0.25, 0.3) is 0 Å². The summed E-state index contributed by atoms with van der Waals surface area (Å²) in [7, 11) is -0.928. The van der Waals surface area contributed by atoms with Crippen LogP contribution >= 0.6 is 83.7 Å². The van der Waals surface area contributed by atoms with Crippen molar-refractivity contribution < 1.29 is 0 Å². The Labute approximate surface area is 182 Å². The van der Waals surface area contributed by atoms with Crippen LogP contribution < -0.4 is 15.9 Å². The van der Waals surface area contributed by atoms with Gasteiger partial charge in [0.2, 0.25) is 0 Å². The molecular weight excluding hydrogens is 440 g/mol. The van der Waals surface area contributed by atoms with Crippen molar-refractivity contribution in [3.63, 3.8) is 0 Å². The van der Waals surface area contributed by atoms with Crippen LogP contribution in [-0.4, -0.2) is 0 Å².